The third-order valence-electron chi connectivity index (χ3n) is 3.40. The Morgan fingerprint density at radius 1 is 1.21 bits per heavy atom. The Kier molecular flexibility index (Phi) is 5.00. The van der Waals surface area contributed by atoms with Gasteiger partial charge >= 0.3 is 0 Å². The van der Waals surface area contributed by atoms with Gasteiger partial charge in [0.25, 0.3) is 0 Å². The van der Waals surface area contributed by atoms with Crippen LogP contribution in [0.25, 0.3) is 0 Å². The van der Waals surface area contributed by atoms with Gasteiger partial charge in [-0.15, -0.1) is 0 Å². The predicted octanol–water partition coefficient (Wildman–Crippen LogP) is 1.83. The van der Waals surface area contributed by atoms with E-state index in [9.17, 15) is 8.42 Å². The minimum Gasteiger partial charge on any atom is -0.313 e. The van der Waals surface area contributed by atoms with Crippen molar-refractivity contribution in [1.82, 2.24) is 10.0 Å². The van der Waals surface area contributed by atoms with E-state index in [1.165, 1.54) is 11.8 Å². The first-order valence-corrected chi connectivity index (χ1v) is 9.06. The van der Waals surface area contributed by atoms with Gasteiger partial charge in [-0.05, 0) is 36.5 Å². The van der Waals surface area contributed by atoms with Crippen LogP contribution in [0, 0.1) is 0 Å². The Balaban J connectivity index is 1.65. The molecule has 0 saturated heterocycles. The molecular formula is C13H19BrN2O2S. The van der Waals surface area contributed by atoms with Crippen molar-refractivity contribution in [3.05, 3.63) is 34.3 Å². The fraction of sp³-hybridized carbons (Fsp3) is 0.538. The molecule has 0 aromatic heterocycles. The van der Waals surface area contributed by atoms with Crippen molar-refractivity contribution >= 4 is 26.0 Å². The van der Waals surface area contributed by atoms with Crippen molar-refractivity contribution in [3.63, 3.8) is 0 Å². The van der Waals surface area contributed by atoms with E-state index in [0.29, 0.717) is 25.0 Å². The van der Waals surface area contributed by atoms with E-state index in [1.807, 2.05) is 0 Å². The molecule has 0 unspecified atom stereocenters. The standard InChI is InChI=1S/C13H19BrN2O2S/c1-19(17,18)16-7-6-15-13-8-11(9-13)10-2-4-12(14)5-3-10/h2-5,11,13,15-16H,6-9H2,1H3. The van der Waals surface area contributed by atoms with Gasteiger partial charge in [0.05, 0.1) is 6.26 Å². The molecule has 106 valence electrons. The quantitative estimate of drug-likeness (QED) is 0.772. The molecule has 1 aromatic carbocycles. The van der Waals surface area contributed by atoms with Gasteiger partial charge in [0.15, 0.2) is 0 Å². The van der Waals surface area contributed by atoms with Crippen LogP contribution in [0.3, 0.4) is 0 Å². The molecule has 6 heteroatoms. The molecule has 0 aliphatic heterocycles. The van der Waals surface area contributed by atoms with E-state index in [0.717, 1.165) is 17.3 Å². The molecule has 0 amide bonds. The van der Waals surface area contributed by atoms with Crippen molar-refractivity contribution in [2.75, 3.05) is 19.3 Å². The van der Waals surface area contributed by atoms with Gasteiger partial charge in [-0.25, -0.2) is 13.1 Å². The van der Waals surface area contributed by atoms with Gasteiger partial charge < -0.3 is 5.32 Å². The number of nitrogens with one attached hydrogen (secondary N) is 2. The summed E-state index contributed by atoms with van der Waals surface area (Å²) >= 11 is 3.44. The zero-order chi connectivity index (χ0) is 13.9. The molecule has 19 heavy (non-hydrogen) atoms. The summed E-state index contributed by atoms with van der Waals surface area (Å²) in [7, 11) is -3.06. The van der Waals surface area contributed by atoms with Crippen molar-refractivity contribution < 1.29 is 8.42 Å². The normalized spacial score (nSPS) is 23.1. The van der Waals surface area contributed by atoms with Crippen molar-refractivity contribution in [1.29, 1.82) is 0 Å². The van der Waals surface area contributed by atoms with Gasteiger partial charge in [-0.2, -0.15) is 0 Å². The maximum absolute atomic E-state index is 10.9. The monoisotopic (exact) mass is 346 g/mol. The summed E-state index contributed by atoms with van der Waals surface area (Å²) < 4.78 is 25.4. The first-order valence-electron chi connectivity index (χ1n) is 6.37. The molecule has 0 radical (unpaired) electrons. The molecule has 1 aliphatic carbocycles. The fourth-order valence-corrected chi connectivity index (χ4v) is 3.04. The van der Waals surface area contributed by atoms with E-state index in [1.54, 1.807) is 0 Å². The molecule has 2 N–H and O–H groups in total. The SMILES string of the molecule is CS(=O)(=O)NCCNC1CC(c2ccc(Br)cc2)C1. The van der Waals surface area contributed by atoms with Crippen LogP contribution in [-0.4, -0.2) is 33.8 Å². The summed E-state index contributed by atoms with van der Waals surface area (Å²) in [6, 6.07) is 8.99. The summed E-state index contributed by atoms with van der Waals surface area (Å²) in [5.41, 5.74) is 1.38. The summed E-state index contributed by atoms with van der Waals surface area (Å²) in [4.78, 5) is 0. The molecule has 1 fully saturated rings. The van der Waals surface area contributed by atoms with Crippen molar-refractivity contribution in [2.24, 2.45) is 0 Å². The maximum atomic E-state index is 10.9. The summed E-state index contributed by atoms with van der Waals surface area (Å²) in [6.45, 7) is 1.14. The smallest absolute Gasteiger partial charge is 0.208 e. The zero-order valence-corrected chi connectivity index (χ0v) is 13.3. The zero-order valence-electron chi connectivity index (χ0n) is 10.9. The van der Waals surface area contributed by atoms with Crippen LogP contribution in [0.2, 0.25) is 0 Å². The lowest BCUT2D eigenvalue weighted by atomic mass is 9.76. The van der Waals surface area contributed by atoms with Crippen LogP contribution in [0.1, 0.15) is 24.3 Å². The summed E-state index contributed by atoms with van der Waals surface area (Å²) in [5.74, 6) is 0.633. The topological polar surface area (TPSA) is 58.2 Å². The third kappa shape index (κ3) is 4.87. The predicted molar refractivity (Wildman–Crippen MR) is 80.8 cm³/mol. The van der Waals surface area contributed by atoms with Gasteiger partial charge in [-0.3, -0.25) is 0 Å². The highest BCUT2D eigenvalue weighted by molar-refractivity contribution is 9.10. The minimum atomic E-state index is -3.06. The number of halogens is 1. The summed E-state index contributed by atoms with van der Waals surface area (Å²) in [5, 5.41) is 3.37. The molecule has 2 rings (SSSR count). The highest BCUT2D eigenvalue weighted by Gasteiger charge is 2.29. The molecule has 0 atom stereocenters. The number of hydrogen-bond donors (Lipinski definition) is 2. The van der Waals surface area contributed by atoms with Gasteiger partial charge in [0.2, 0.25) is 10.0 Å². The Morgan fingerprint density at radius 2 is 1.84 bits per heavy atom. The van der Waals surface area contributed by atoms with Crippen LogP contribution < -0.4 is 10.0 Å². The number of benzene rings is 1. The first kappa shape index (κ1) is 15.0. The Labute approximate surface area is 123 Å². The highest BCUT2D eigenvalue weighted by atomic mass is 79.9. The minimum absolute atomic E-state index is 0.457. The molecule has 0 bridgehead atoms. The van der Waals surface area contributed by atoms with E-state index >= 15 is 0 Å². The molecule has 1 saturated carbocycles. The average molecular weight is 347 g/mol. The van der Waals surface area contributed by atoms with Crippen LogP contribution in [0.15, 0.2) is 28.7 Å². The average Bonchev–Trinajstić information content (AvgIpc) is 2.27. The van der Waals surface area contributed by atoms with Crippen molar-refractivity contribution in [3.8, 4) is 0 Å². The van der Waals surface area contributed by atoms with E-state index < -0.39 is 10.0 Å². The van der Waals surface area contributed by atoms with Gasteiger partial charge in [0, 0.05) is 23.6 Å². The van der Waals surface area contributed by atoms with Crippen LogP contribution >= 0.6 is 15.9 Å². The Morgan fingerprint density at radius 3 is 2.42 bits per heavy atom. The molecule has 0 heterocycles. The number of sulfonamides is 1. The van der Waals surface area contributed by atoms with E-state index in [-0.39, 0.29) is 0 Å². The number of rotatable bonds is 6. The Bertz CT molecular complexity index is 510. The number of hydrogen-bond acceptors (Lipinski definition) is 3. The third-order valence-corrected chi connectivity index (χ3v) is 4.66. The second-order valence-corrected chi connectivity index (χ2v) is 7.79. The maximum Gasteiger partial charge on any atom is 0.208 e. The van der Waals surface area contributed by atoms with Gasteiger partial charge in [-0.1, -0.05) is 28.1 Å². The van der Waals surface area contributed by atoms with Gasteiger partial charge in [0.1, 0.15) is 0 Å². The van der Waals surface area contributed by atoms with Crippen LogP contribution in [-0.2, 0) is 10.0 Å². The lowest BCUT2D eigenvalue weighted by molar-refractivity contribution is 0.293. The fourth-order valence-electron chi connectivity index (χ4n) is 2.30. The summed E-state index contributed by atoms with van der Waals surface area (Å²) in [6.07, 6.45) is 3.43. The van der Waals surface area contributed by atoms with E-state index in [2.05, 4.69) is 50.2 Å². The molecule has 1 aliphatic rings. The molecule has 4 nitrogen and oxygen atoms in total. The molecule has 0 spiro atoms. The second-order valence-electron chi connectivity index (χ2n) is 5.04. The second kappa shape index (κ2) is 6.35. The van der Waals surface area contributed by atoms with Crippen molar-refractivity contribution in [2.45, 2.75) is 24.8 Å². The van der Waals surface area contributed by atoms with Crippen LogP contribution in [0.4, 0.5) is 0 Å². The largest absolute Gasteiger partial charge is 0.313 e. The highest BCUT2D eigenvalue weighted by Crippen LogP contribution is 2.37. The molecule has 1 aromatic rings. The lowest BCUT2D eigenvalue weighted by Gasteiger charge is -2.36. The Hall–Kier alpha value is -0.430. The lowest BCUT2D eigenvalue weighted by Crippen LogP contribution is -2.43. The first-order chi connectivity index (χ1) is 8.94. The molecular weight excluding hydrogens is 328 g/mol. The van der Waals surface area contributed by atoms with Crippen LogP contribution in [0.5, 0.6) is 0 Å². The van der Waals surface area contributed by atoms with E-state index in [4.69, 9.17) is 0 Å².